The van der Waals surface area contributed by atoms with Gasteiger partial charge in [0.1, 0.15) is 0 Å². The molecule has 2 aromatic heterocycles. The minimum Gasteiger partial charge on any atom is -0.399 e. The van der Waals surface area contributed by atoms with E-state index in [4.69, 9.17) is 11.5 Å². The highest BCUT2D eigenvalue weighted by molar-refractivity contribution is 5.90. The average molecular weight is 262 g/mol. The molecule has 0 spiro atoms. The molecular weight excluding hydrogens is 250 g/mol. The van der Waals surface area contributed by atoms with Gasteiger partial charge < -0.3 is 11.5 Å². The van der Waals surface area contributed by atoms with Crippen molar-refractivity contribution in [2.45, 2.75) is 0 Å². The van der Waals surface area contributed by atoms with Gasteiger partial charge in [0.2, 0.25) is 0 Å². The molecule has 0 bridgehead atoms. The molecule has 6 heteroatoms. The summed E-state index contributed by atoms with van der Waals surface area (Å²) in [5.41, 5.74) is 14.8. The molecule has 0 saturated heterocycles. The van der Waals surface area contributed by atoms with Gasteiger partial charge in [0.05, 0.1) is 16.6 Å². The fraction of sp³-hybridized carbons (Fsp3) is 0. The topological polar surface area (TPSA) is 93.6 Å². The molecular formula is C12H12ClN5. The van der Waals surface area contributed by atoms with Crippen molar-refractivity contribution in [2.24, 2.45) is 0 Å². The van der Waals surface area contributed by atoms with Crippen LogP contribution in [0.5, 0.6) is 0 Å². The highest BCUT2D eigenvalue weighted by Crippen LogP contribution is 2.23. The number of nitrogens with one attached hydrogen (secondary N) is 1. The second-order valence-corrected chi connectivity index (χ2v) is 3.85. The van der Waals surface area contributed by atoms with Crippen molar-refractivity contribution in [3.8, 4) is 11.3 Å². The summed E-state index contributed by atoms with van der Waals surface area (Å²) in [6, 6.07) is 9.49. The van der Waals surface area contributed by atoms with E-state index in [1.165, 1.54) is 0 Å². The minimum atomic E-state index is 0. The molecule has 0 aliphatic rings. The number of aromatic nitrogens is 3. The first-order valence-corrected chi connectivity index (χ1v) is 5.19. The molecule has 92 valence electrons. The average Bonchev–Trinajstić information content (AvgIpc) is 2.72. The maximum Gasteiger partial charge on any atom is 0.154 e. The third-order valence-corrected chi connectivity index (χ3v) is 2.68. The number of fused-ring (bicyclic) bond motifs is 1. The van der Waals surface area contributed by atoms with Crippen molar-refractivity contribution in [3.05, 3.63) is 36.5 Å². The van der Waals surface area contributed by atoms with Crippen molar-refractivity contribution in [2.75, 3.05) is 11.5 Å². The molecule has 3 rings (SSSR count). The molecule has 3 aromatic rings. The molecule has 0 radical (unpaired) electrons. The summed E-state index contributed by atoms with van der Waals surface area (Å²) in [5.74, 6) is 0.469. The van der Waals surface area contributed by atoms with E-state index in [1.807, 2.05) is 30.3 Å². The summed E-state index contributed by atoms with van der Waals surface area (Å²) in [7, 11) is 0. The number of nitrogens with zero attached hydrogens (tertiary/aromatic N) is 2. The van der Waals surface area contributed by atoms with Crippen LogP contribution in [0.2, 0.25) is 0 Å². The lowest BCUT2D eigenvalue weighted by Crippen LogP contribution is -1.87. The number of nitrogens with two attached hydrogens (primary N) is 2. The van der Waals surface area contributed by atoms with Crippen LogP contribution in [-0.2, 0) is 0 Å². The van der Waals surface area contributed by atoms with E-state index in [0.29, 0.717) is 5.82 Å². The van der Waals surface area contributed by atoms with Crippen LogP contribution in [0.3, 0.4) is 0 Å². The number of pyridine rings is 1. The number of nitrogen functional groups attached to an aromatic ring is 2. The van der Waals surface area contributed by atoms with Crippen LogP contribution < -0.4 is 11.5 Å². The Kier molecular flexibility index (Phi) is 3.08. The summed E-state index contributed by atoms with van der Waals surface area (Å²) in [5, 5.41) is 7.64. The highest BCUT2D eigenvalue weighted by Gasteiger charge is 2.05. The van der Waals surface area contributed by atoms with Gasteiger partial charge in [-0.1, -0.05) is 12.1 Å². The summed E-state index contributed by atoms with van der Waals surface area (Å²) in [6.45, 7) is 0. The first-order chi connectivity index (χ1) is 8.24. The van der Waals surface area contributed by atoms with Crippen molar-refractivity contribution < 1.29 is 0 Å². The fourth-order valence-electron chi connectivity index (χ4n) is 1.74. The Labute approximate surface area is 110 Å². The summed E-state index contributed by atoms with van der Waals surface area (Å²) in [6.07, 6.45) is 1.72. The van der Waals surface area contributed by atoms with Gasteiger partial charge in [0.25, 0.3) is 0 Å². The van der Waals surface area contributed by atoms with Crippen molar-refractivity contribution >= 4 is 34.8 Å². The maximum absolute atomic E-state index is 5.69. The lowest BCUT2D eigenvalue weighted by atomic mass is 10.1. The van der Waals surface area contributed by atoms with Crippen molar-refractivity contribution in [3.63, 3.8) is 0 Å². The number of hydrogen-bond donors (Lipinski definition) is 3. The molecule has 0 fully saturated rings. The van der Waals surface area contributed by atoms with Crippen molar-refractivity contribution in [1.82, 2.24) is 15.2 Å². The van der Waals surface area contributed by atoms with E-state index in [1.54, 1.807) is 6.20 Å². The normalized spacial score (nSPS) is 10.2. The third-order valence-electron chi connectivity index (χ3n) is 2.68. The standard InChI is InChI=1S/C12H11N5.ClH/c13-8-3-1-7(2-4-8)10-5-11-9(6-15-10)12(14)17-16-11;/h1-6H,13H2,(H3,14,16,17);1H. The second-order valence-electron chi connectivity index (χ2n) is 3.85. The summed E-state index contributed by atoms with van der Waals surface area (Å²) >= 11 is 0. The van der Waals surface area contributed by atoms with E-state index < -0.39 is 0 Å². The van der Waals surface area contributed by atoms with Gasteiger partial charge in [-0.25, -0.2) is 0 Å². The van der Waals surface area contributed by atoms with Gasteiger partial charge in [-0.05, 0) is 18.2 Å². The van der Waals surface area contributed by atoms with Gasteiger partial charge in [0, 0.05) is 17.4 Å². The zero-order chi connectivity index (χ0) is 11.8. The molecule has 2 heterocycles. The molecule has 1 aromatic carbocycles. The Morgan fingerprint density at radius 1 is 1.06 bits per heavy atom. The van der Waals surface area contributed by atoms with Crippen LogP contribution in [0.25, 0.3) is 22.2 Å². The Morgan fingerprint density at radius 3 is 2.50 bits per heavy atom. The van der Waals surface area contributed by atoms with E-state index in [0.717, 1.165) is 27.8 Å². The van der Waals surface area contributed by atoms with Gasteiger partial charge in [-0.3, -0.25) is 10.1 Å². The Hall–Kier alpha value is -2.27. The highest BCUT2D eigenvalue weighted by atomic mass is 35.5. The predicted molar refractivity (Wildman–Crippen MR) is 75.4 cm³/mol. The molecule has 5 nitrogen and oxygen atoms in total. The summed E-state index contributed by atoms with van der Waals surface area (Å²) in [4.78, 5) is 4.36. The number of anilines is 2. The largest absolute Gasteiger partial charge is 0.399 e. The molecule has 0 amide bonds. The third kappa shape index (κ3) is 1.96. The lowest BCUT2D eigenvalue weighted by molar-refractivity contribution is 1.13. The van der Waals surface area contributed by atoms with Crippen LogP contribution in [0.4, 0.5) is 11.5 Å². The molecule has 0 aliphatic carbocycles. The van der Waals surface area contributed by atoms with Gasteiger partial charge in [0.15, 0.2) is 5.82 Å². The zero-order valence-electron chi connectivity index (χ0n) is 9.42. The van der Waals surface area contributed by atoms with Crippen LogP contribution in [0, 0.1) is 0 Å². The first kappa shape index (κ1) is 12.2. The number of hydrogen-bond acceptors (Lipinski definition) is 4. The number of H-pyrrole nitrogens is 1. The predicted octanol–water partition coefficient (Wildman–Crippen LogP) is 2.21. The van der Waals surface area contributed by atoms with E-state index in [2.05, 4.69) is 15.2 Å². The van der Waals surface area contributed by atoms with E-state index >= 15 is 0 Å². The molecule has 0 aliphatic heterocycles. The lowest BCUT2D eigenvalue weighted by Gasteiger charge is -2.01. The number of benzene rings is 1. The molecule has 18 heavy (non-hydrogen) atoms. The monoisotopic (exact) mass is 261 g/mol. The SMILES string of the molecule is Cl.Nc1ccc(-c2cc3[nH]nc(N)c3cn2)cc1. The van der Waals surface area contributed by atoms with Crippen molar-refractivity contribution in [1.29, 1.82) is 0 Å². The zero-order valence-corrected chi connectivity index (χ0v) is 10.2. The Morgan fingerprint density at radius 2 is 1.78 bits per heavy atom. The van der Waals surface area contributed by atoms with Crippen LogP contribution in [-0.4, -0.2) is 15.2 Å². The maximum atomic E-state index is 5.69. The molecule has 0 atom stereocenters. The first-order valence-electron chi connectivity index (χ1n) is 5.19. The Balaban J connectivity index is 0.00000120. The number of rotatable bonds is 1. The van der Waals surface area contributed by atoms with E-state index in [-0.39, 0.29) is 12.4 Å². The molecule has 0 unspecified atom stereocenters. The van der Waals surface area contributed by atoms with Gasteiger partial charge >= 0.3 is 0 Å². The smallest absolute Gasteiger partial charge is 0.154 e. The van der Waals surface area contributed by atoms with Gasteiger partial charge in [-0.15, -0.1) is 12.4 Å². The quantitative estimate of drug-likeness (QED) is 0.586. The van der Waals surface area contributed by atoms with Crippen LogP contribution in [0.1, 0.15) is 0 Å². The number of halogens is 1. The molecule has 0 saturated carbocycles. The van der Waals surface area contributed by atoms with E-state index in [9.17, 15) is 0 Å². The minimum absolute atomic E-state index is 0. The van der Waals surface area contributed by atoms with Crippen LogP contribution >= 0.6 is 12.4 Å². The molecule has 5 N–H and O–H groups in total. The fourth-order valence-corrected chi connectivity index (χ4v) is 1.74. The summed E-state index contributed by atoms with van der Waals surface area (Å²) < 4.78 is 0. The number of aromatic amines is 1. The second kappa shape index (κ2) is 4.54. The van der Waals surface area contributed by atoms with Gasteiger partial charge in [-0.2, -0.15) is 5.10 Å². The Bertz CT molecular complexity index is 675. The van der Waals surface area contributed by atoms with Crippen LogP contribution in [0.15, 0.2) is 36.5 Å².